The van der Waals surface area contributed by atoms with Crippen molar-refractivity contribution in [2.45, 2.75) is 45.3 Å². The minimum Gasteiger partial charge on any atom is -0.391 e. The number of aliphatic hydroxyl groups excluding tert-OH is 1. The number of anilines is 1. The van der Waals surface area contributed by atoms with Crippen LogP contribution in [0.15, 0.2) is 17.1 Å². The molecule has 1 fully saturated rings. The standard InChI is InChI=1S/C13H21N3O2/c1-2-5-12(17)10-16-13(18)8-11(9-14-16)15-6-3-4-7-15/h8-9,12,17H,2-7,10H2,1H3. The summed E-state index contributed by atoms with van der Waals surface area (Å²) in [6.45, 7) is 4.30. The van der Waals surface area contributed by atoms with E-state index in [0.29, 0.717) is 6.42 Å². The number of hydrogen-bond acceptors (Lipinski definition) is 4. The summed E-state index contributed by atoms with van der Waals surface area (Å²) in [5, 5.41) is 13.8. The molecule has 1 saturated heterocycles. The minimum atomic E-state index is -0.488. The van der Waals surface area contributed by atoms with Gasteiger partial charge in [0.1, 0.15) is 0 Å². The molecule has 1 aliphatic rings. The topological polar surface area (TPSA) is 58.4 Å². The van der Waals surface area contributed by atoms with E-state index >= 15 is 0 Å². The van der Waals surface area contributed by atoms with Gasteiger partial charge in [-0.1, -0.05) is 13.3 Å². The third kappa shape index (κ3) is 3.10. The molecule has 1 N–H and O–H groups in total. The minimum absolute atomic E-state index is 0.130. The normalized spacial score (nSPS) is 17.1. The molecule has 5 heteroatoms. The van der Waals surface area contributed by atoms with Crippen molar-refractivity contribution in [3.05, 3.63) is 22.6 Å². The van der Waals surface area contributed by atoms with Crippen LogP contribution in [0.4, 0.5) is 5.69 Å². The Morgan fingerprint density at radius 1 is 1.44 bits per heavy atom. The van der Waals surface area contributed by atoms with Crippen molar-refractivity contribution in [2.24, 2.45) is 0 Å². The molecule has 0 saturated carbocycles. The van der Waals surface area contributed by atoms with Crippen LogP contribution in [0.3, 0.4) is 0 Å². The fourth-order valence-corrected chi connectivity index (χ4v) is 2.33. The van der Waals surface area contributed by atoms with E-state index in [0.717, 1.165) is 25.2 Å². The molecule has 0 bridgehead atoms. The molecule has 0 radical (unpaired) electrons. The molecular weight excluding hydrogens is 230 g/mol. The first-order valence-corrected chi connectivity index (χ1v) is 6.71. The van der Waals surface area contributed by atoms with Gasteiger partial charge in [-0.3, -0.25) is 4.79 Å². The Hall–Kier alpha value is -1.36. The van der Waals surface area contributed by atoms with Gasteiger partial charge < -0.3 is 10.0 Å². The van der Waals surface area contributed by atoms with Gasteiger partial charge in [0, 0.05) is 19.2 Å². The lowest BCUT2D eigenvalue weighted by Crippen LogP contribution is -2.30. The summed E-state index contributed by atoms with van der Waals surface area (Å²) < 4.78 is 1.35. The van der Waals surface area contributed by atoms with Crippen molar-refractivity contribution in [3.63, 3.8) is 0 Å². The largest absolute Gasteiger partial charge is 0.391 e. The zero-order valence-corrected chi connectivity index (χ0v) is 10.9. The van der Waals surface area contributed by atoms with Gasteiger partial charge in [0.05, 0.1) is 24.5 Å². The van der Waals surface area contributed by atoms with E-state index in [4.69, 9.17) is 0 Å². The Labute approximate surface area is 107 Å². The average molecular weight is 251 g/mol. The maximum atomic E-state index is 11.9. The summed E-state index contributed by atoms with van der Waals surface area (Å²) in [6, 6.07) is 1.62. The molecule has 0 amide bonds. The maximum Gasteiger partial charge on any atom is 0.268 e. The molecular formula is C13H21N3O2. The van der Waals surface area contributed by atoms with Crippen LogP contribution in [0.1, 0.15) is 32.6 Å². The fraction of sp³-hybridized carbons (Fsp3) is 0.692. The van der Waals surface area contributed by atoms with Crippen molar-refractivity contribution in [1.82, 2.24) is 9.78 Å². The number of rotatable bonds is 5. The quantitative estimate of drug-likeness (QED) is 0.848. The van der Waals surface area contributed by atoms with Crippen molar-refractivity contribution in [1.29, 1.82) is 0 Å². The molecule has 1 atom stereocenters. The van der Waals surface area contributed by atoms with Crippen LogP contribution < -0.4 is 10.5 Å². The number of aliphatic hydroxyl groups is 1. The number of nitrogens with zero attached hydrogens (tertiary/aromatic N) is 3. The van der Waals surface area contributed by atoms with Crippen molar-refractivity contribution >= 4 is 5.69 Å². The molecule has 1 aromatic rings. The Balaban J connectivity index is 2.07. The third-order valence-electron chi connectivity index (χ3n) is 3.33. The van der Waals surface area contributed by atoms with Gasteiger partial charge >= 0.3 is 0 Å². The molecule has 0 aromatic carbocycles. The Morgan fingerprint density at radius 2 is 2.17 bits per heavy atom. The summed E-state index contributed by atoms with van der Waals surface area (Å²) in [5.74, 6) is 0. The zero-order valence-electron chi connectivity index (χ0n) is 10.9. The summed E-state index contributed by atoms with van der Waals surface area (Å²) in [4.78, 5) is 14.1. The second kappa shape index (κ2) is 6.00. The van der Waals surface area contributed by atoms with Gasteiger partial charge in [-0.2, -0.15) is 5.10 Å². The van der Waals surface area contributed by atoms with Gasteiger partial charge in [0.15, 0.2) is 0 Å². The molecule has 1 aliphatic heterocycles. The lowest BCUT2D eigenvalue weighted by atomic mass is 10.2. The molecule has 5 nitrogen and oxygen atoms in total. The van der Waals surface area contributed by atoms with Crippen LogP contribution >= 0.6 is 0 Å². The smallest absolute Gasteiger partial charge is 0.268 e. The lowest BCUT2D eigenvalue weighted by Gasteiger charge is -2.17. The van der Waals surface area contributed by atoms with Gasteiger partial charge in [-0.05, 0) is 19.3 Å². The van der Waals surface area contributed by atoms with Gasteiger partial charge in [-0.25, -0.2) is 4.68 Å². The van der Waals surface area contributed by atoms with E-state index in [1.807, 2.05) is 6.92 Å². The molecule has 2 rings (SSSR count). The predicted molar refractivity (Wildman–Crippen MR) is 70.9 cm³/mol. The van der Waals surface area contributed by atoms with Crippen molar-refractivity contribution < 1.29 is 5.11 Å². The molecule has 1 aromatic heterocycles. The van der Waals surface area contributed by atoms with E-state index in [9.17, 15) is 9.90 Å². The van der Waals surface area contributed by atoms with Crippen LogP contribution in [-0.2, 0) is 6.54 Å². The second-order valence-corrected chi connectivity index (χ2v) is 4.87. The molecule has 0 aliphatic carbocycles. The second-order valence-electron chi connectivity index (χ2n) is 4.87. The fourth-order valence-electron chi connectivity index (χ4n) is 2.33. The van der Waals surface area contributed by atoms with E-state index in [-0.39, 0.29) is 12.1 Å². The number of aromatic nitrogens is 2. The SMILES string of the molecule is CCCC(O)Cn1ncc(N2CCCC2)cc1=O. The summed E-state index contributed by atoms with van der Waals surface area (Å²) in [6.07, 6.45) is 5.20. The Bertz CT molecular complexity index is 438. The van der Waals surface area contributed by atoms with E-state index in [2.05, 4.69) is 10.00 Å². The maximum absolute atomic E-state index is 11.9. The molecule has 2 heterocycles. The van der Waals surface area contributed by atoms with Crippen LogP contribution in [0.2, 0.25) is 0 Å². The first-order valence-electron chi connectivity index (χ1n) is 6.71. The highest BCUT2D eigenvalue weighted by Gasteiger charge is 2.14. The highest BCUT2D eigenvalue weighted by Crippen LogP contribution is 2.16. The molecule has 1 unspecified atom stereocenters. The first kappa shape index (κ1) is 13.1. The predicted octanol–water partition coefficient (Wildman–Crippen LogP) is 1.00. The van der Waals surface area contributed by atoms with Crippen LogP contribution in [0.5, 0.6) is 0 Å². The lowest BCUT2D eigenvalue weighted by molar-refractivity contribution is 0.137. The third-order valence-corrected chi connectivity index (χ3v) is 3.33. The van der Waals surface area contributed by atoms with Crippen LogP contribution in [0, 0.1) is 0 Å². The molecule has 100 valence electrons. The summed E-state index contributed by atoms with van der Waals surface area (Å²) in [5.41, 5.74) is 0.772. The first-order chi connectivity index (χ1) is 8.70. The van der Waals surface area contributed by atoms with Gasteiger partial charge in [0.2, 0.25) is 0 Å². The van der Waals surface area contributed by atoms with E-state index in [1.54, 1.807) is 12.3 Å². The van der Waals surface area contributed by atoms with Gasteiger partial charge in [0.25, 0.3) is 5.56 Å². The monoisotopic (exact) mass is 251 g/mol. The Kier molecular flexibility index (Phi) is 4.36. The molecule has 18 heavy (non-hydrogen) atoms. The van der Waals surface area contributed by atoms with Crippen molar-refractivity contribution in [2.75, 3.05) is 18.0 Å². The van der Waals surface area contributed by atoms with Crippen LogP contribution in [0.25, 0.3) is 0 Å². The highest BCUT2D eigenvalue weighted by molar-refractivity contribution is 5.43. The average Bonchev–Trinajstić information content (AvgIpc) is 2.85. The summed E-state index contributed by atoms with van der Waals surface area (Å²) in [7, 11) is 0. The molecule has 0 spiro atoms. The zero-order chi connectivity index (χ0) is 13.0. The highest BCUT2D eigenvalue weighted by atomic mass is 16.3. The number of hydrogen-bond donors (Lipinski definition) is 1. The van der Waals surface area contributed by atoms with E-state index < -0.39 is 6.10 Å². The van der Waals surface area contributed by atoms with E-state index in [1.165, 1.54) is 17.5 Å². The Morgan fingerprint density at radius 3 is 2.78 bits per heavy atom. The summed E-state index contributed by atoms with van der Waals surface area (Å²) >= 11 is 0. The van der Waals surface area contributed by atoms with Crippen molar-refractivity contribution in [3.8, 4) is 0 Å². The van der Waals surface area contributed by atoms with Gasteiger partial charge in [-0.15, -0.1) is 0 Å². The van der Waals surface area contributed by atoms with Crippen LogP contribution in [-0.4, -0.2) is 34.1 Å².